The molecule has 0 aliphatic carbocycles. The minimum Gasteiger partial charge on any atom is -0.475 e. The molecular weight excluding hydrogens is 257 g/mol. The van der Waals surface area contributed by atoms with Gasteiger partial charge in [0.15, 0.2) is 0 Å². The number of carbonyl (C=O) groups is 2. The third kappa shape index (κ3) is 2.71. The topological polar surface area (TPSA) is 103 Å². The number of carboxylic acids is 1. The Labute approximate surface area is 106 Å². The van der Waals surface area contributed by atoms with Crippen molar-refractivity contribution in [3.05, 3.63) is 47.5 Å². The molecule has 3 N–H and O–H groups in total. The van der Waals surface area contributed by atoms with E-state index in [1.54, 1.807) is 0 Å². The summed E-state index contributed by atoms with van der Waals surface area (Å²) in [6.07, 6.45) is 0. The van der Waals surface area contributed by atoms with Crippen LogP contribution in [0.1, 0.15) is 20.9 Å². The van der Waals surface area contributed by atoms with E-state index in [4.69, 9.17) is 20.0 Å². The maximum atomic E-state index is 13.4. The lowest BCUT2D eigenvalue weighted by molar-refractivity contribution is 0.0657. The van der Waals surface area contributed by atoms with Gasteiger partial charge in [0.05, 0.1) is 5.56 Å². The second-order valence-electron chi connectivity index (χ2n) is 3.53. The smallest absolute Gasteiger partial charge is 0.371 e. The first-order valence-corrected chi connectivity index (χ1v) is 5.07. The number of nitrogens with two attached hydrogens (primary N) is 1. The predicted molar refractivity (Wildman–Crippen MR) is 60.7 cm³/mol. The number of carbonyl (C=O) groups excluding carboxylic acids is 1. The van der Waals surface area contributed by atoms with Crippen molar-refractivity contribution in [2.24, 2.45) is 5.73 Å². The summed E-state index contributed by atoms with van der Waals surface area (Å²) in [4.78, 5) is 21.4. The molecule has 0 atom stereocenters. The number of primary amides is 1. The highest BCUT2D eigenvalue weighted by Gasteiger charge is 2.12. The molecule has 98 valence electrons. The van der Waals surface area contributed by atoms with Gasteiger partial charge in [-0.25, -0.2) is 9.18 Å². The van der Waals surface area contributed by atoms with Gasteiger partial charge in [0.2, 0.25) is 5.76 Å². The molecule has 0 radical (unpaired) electrons. The molecule has 0 aliphatic rings. The summed E-state index contributed by atoms with van der Waals surface area (Å²) < 4.78 is 23.4. The molecule has 0 aliphatic heterocycles. The number of hydrogen-bond acceptors (Lipinski definition) is 4. The number of amides is 1. The van der Waals surface area contributed by atoms with E-state index in [9.17, 15) is 14.0 Å². The number of aromatic carboxylic acids is 1. The van der Waals surface area contributed by atoms with Gasteiger partial charge in [-0.05, 0) is 18.2 Å². The average molecular weight is 265 g/mol. The van der Waals surface area contributed by atoms with Crippen LogP contribution in [0.2, 0.25) is 0 Å². The number of carboxylic acid groups (broad SMARTS) is 1. The Balaban J connectivity index is 2.21. The number of halogens is 1. The lowest BCUT2D eigenvalue weighted by atomic mass is 10.2. The second kappa shape index (κ2) is 4.81. The fraction of sp³-hybridized carbons (Fsp3) is 0. The van der Waals surface area contributed by atoms with Crippen molar-refractivity contribution in [1.29, 1.82) is 0 Å². The molecule has 0 saturated heterocycles. The van der Waals surface area contributed by atoms with E-state index in [0.29, 0.717) is 0 Å². The van der Waals surface area contributed by atoms with Crippen LogP contribution in [0, 0.1) is 5.82 Å². The molecule has 0 saturated carbocycles. The molecule has 1 aromatic heterocycles. The molecule has 0 unspecified atom stereocenters. The molecule has 1 heterocycles. The highest BCUT2D eigenvalue weighted by molar-refractivity contribution is 5.93. The molecule has 6 nitrogen and oxygen atoms in total. The zero-order valence-corrected chi connectivity index (χ0v) is 9.42. The minimum absolute atomic E-state index is 0.0498. The maximum Gasteiger partial charge on any atom is 0.371 e. The van der Waals surface area contributed by atoms with E-state index in [1.165, 1.54) is 18.2 Å². The quantitative estimate of drug-likeness (QED) is 0.880. The zero-order valence-electron chi connectivity index (χ0n) is 9.42. The van der Waals surface area contributed by atoms with E-state index in [2.05, 4.69) is 0 Å². The summed E-state index contributed by atoms with van der Waals surface area (Å²) in [7, 11) is 0. The molecular formula is C12H8FNO5. The first-order valence-electron chi connectivity index (χ1n) is 5.07. The van der Waals surface area contributed by atoms with Crippen LogP contribution >= 0.6 is 0 Å². The number of benzene rings is 1. The average Bonchev–Trinajstić information content (AvgIpc) is 2.77. The first-order chi connectivity index (χ1) is 8.97. The van der Waals surface area contributed by atoms with Crippen LogP contribution in [-0.2, 0) is 0 Å². The summed E-state index contributed by atoms with van der Waals surface area (Å²) in [5.74, 6) is -3.34. The van der Waals surface area contributed by atoms with Crippen molar-refractivity contribution in [2.45, 2.75) is 0 Å². The van der Waals surface area contributed by atoms with Gasteiger partial charge in [-0.1, -0.05) is 0 Å². The fourth-order valence-electron chi connectivity index (χ4n) is 1.37. The van der Waals surface area contributed by atoms with Crippen LogP contribution in [0.3, 0.4) is 0 Å². The van der Waals surface area contributed by atoms with E-state index in [1.807, 2.05) is 0 Å². The molecule has 0 fully saturated rings. The standard InChI is InChI=1S/C12H8FNO5/c13-8-5-6(1-2-7(8)11(14)15)18-10-4-3-9(19-10)12(16)17/h1-5H,(H2,14,15)(H,16,17). The molecule has 2 aromatic rings. The van der Waals surface area contributed by atoms with Gasteiger partial charge in [-0.3, -0.25) is 4.79 Å². The lowest BCUT2D eigenvalue weighted by Gasteiger charge is -2.03. The SMILES string of the molecule is NC(=O)c1ccc(Oc2ccc(C(=O)O)o2)cc1F. The Morgan fingerprint density at radius 3 is 2.53 bits per heavy atom. The van der Waals surface area contributed by atoms with Crippen molar-refractivity contribution in [3.63, 3.8) is 0 Å². The fourth-order valence-corrected chi connectivity index (χ4v) is 1.37. The molecule has 19 heavy (non-hydrogen) atoms. The predicted octanol–water partition coefficient (Wildman–Crippen LogP) is 2.01. The van der Waals surface area contributed by atoms with Crippen LogP contribution in [0.4, 0.5) is 4.39 Å². The summed E-state index contributed by atoms with van der Waals surface area (Å²) >= 11 is 0. The summed E-state index contributed by atoms with van der Waals surface area (Å²) in [5, 5.41) is 8.65. The second-order valence-corrected chi connectivity index (χ2v) is 3.53. The lowest BCUT2D eigenvalue weighted by Crippen LogP contribution is -2.12. The number of furan rings is 1. The van der Waals surface area contributed by atoms with Gasteiger partial charge in [0.1, 0.15) is 11.6 Å². The first kappa shape index (κ1) is 12.6. The maximum absolute atomic E-state index is 13.4. The molecule has 1 aromatic carbocycles. The number of ether oxygens (including phenoxy) is 1. The van der Waals surface area contributed by atoms with Crippen LogP contribution in [0.15, 0.2) is 34.7 Å². The van der Waals surface area contributed by atoms with Crippen LogP contribution in [0.25, 0.3) is 0 Å². The van der Waals surface area contributed by atoms with E-state index >= 15 is 0 Å². The molecule has 2 rings (SSSR count). The highest BCUT2D eigenvalue weighted by atomic mass is 19.1. The number of hydrogen-bond donors (Lipinski definition) is 2. The third-order valence-corrected chi connectivity index (χ3v) is 2.22. The van der Waals surface area contributed by atoms with Crippen molar-refractivity contribution >= 4 is 11.9 Å². The normalized spacial score (nSPS) is 10.2. The Bertz CT molecular complexity index is 649. The summed E-state index contributed by atoms with van der Waals surface area (Å²) in [6.45, 7) is 0. The van der Waals surface area contributed by atoms with Gasteiger partial charge < -0.3 is 20.0 Å². The molecule has 1 amide bonds. The summed E-state index contributed by atoms with van der Waals surface area (Å²) in [6, 6.07) is 5.90. The minimum atomic E-state index is -1.25. The number of rotatable bonds is 4. The van der Waals surface area contributed by atoms with Gasteiger partial charge in [-0.2, -0.15) is 0 Å². The van der Waals surface area contributed by atoms with Crippen LogP contribution < -0.4 is 10.5 Å². The summed E-state index contributed by atoms with van der Waals surface area (Å²) in [5.41, 5.74) is 4.68. The van der Waals surface area contributed by atoms with Crippen LogP contribution in [0.5, 0.6) is 11.7 Å². The van der Waals surface area contributed by atoms with Gasteiger partial charge in [-0.15, -0.1) is 0 Å². The Kier molecular flexibility index (Phi) is 3.19. The van der Waals surface area contributed by atoms with Crippen molar-refractivity contribution in [1.82, 2.24) is 0 Å². The monoisotopic (exact) mass is 265 g/mol. The highest BCUT2D eigenvalue weighted by Crippen LogP contribution is 2.25. The Morgan fingerprint density at radius 2 is 2.00 bits per heavy atom. The van der Waals surface area contributed by atoms with Crippen molar-refractivity contribution in [2.75, 3.05) is 0 Å². The Hall–Kier alpha value is -2.83. The zero-order chi connectivity index (χ0) is 14.0. The molecule has 0 spiro atoms. The van der Waals surface area contributed by atoms with E-state index in [0.717, 1.165) is 12.1 Å². The van der Waals surface area contributed by atoms with Crippen molar-refractivity contribution in [3.8, 4) is 11.7 Å². The largest absolute Gasteiger partial charge is 0.475 e. The molecule has 7 heteroatoms. The van der Waals surface area contributed by atoms with Crippen LogP contribution in [-0.4, -0.2) is 17.0 Å². The van der Waals surface area contributed by atoms with Gasteiger partial charge >= 0.3 is 5.97 Å². The van der Waals surface area contributed by atoms with E-state index < -0.39 is 17.7 Å². The molecule has 0 bridgehead atoms. The van der Waals surface area contributed by atoms with Gasteiger partial charge in [0.25, 0.3) is 11.9 Å². The Morgan fingerprint density at radius 1 is 1.26 bits per heavy atom. The van der Waals surface area contributed by atoms with Gasteiger partial charge in [0, 0.05) is 12.1 Å². The van der Waals surface area contributed by atoms with Crippen molar-refractivity contribution < 1.29 is 28.2 Å². The third-order valence-electron chi connectivity index (χ3n) is 2.22. The van der Waals surface area contributed by atoms with E-state index in [-0.39, 0.29) is 23.0 Å².